The number of hydrogen-bond acceptors (Lipinski definition) is 6. The normalized spacial score (nSPS) is 15.3. The number of nitrogens with one attached hydrogen (secondary N) is 2. The largest absolute Gasteiger partial charge is 0.457 e. The van der Waals surface area contributed by atoms with Crippen LogP contribution in [0.1, 0.15) is 29.5 Å². The molecule has 0 saturated heterocycles. The van der Waals surface area contributed by atoms with Crippen molar-refractivity contribution in [1.29, 1.82) is 0 Å². The first-order valence-electron chi connectivity index (χ1n) is 9.28. The van der Waals surface area contributed by atoms with E-state index in [0.29, 0.717) is 33.5 Å². The van der Waals surface area contributed by atoms with Crippen molar-refractivity contribution in [2.24, 2.45) is 0 Å². The van der Waals surface area contributed by atoms with Gasteiger partial charge in [-0.2, -0.15) is 0 Å². The molecule has 2 heterocycles. The van der Waals surface area contributed by atoms with E-state index in [1.807, 2.05) is 42.5 Å². The van der Waals surface area contributed by atoms with Gasteiger partial charge in [-0.3, -0.25) is 0 Å². The number of hydrogen-bond donors (Lipinski definition) is 3. The summed E-state index contributed by atoms with van der Waals surface area (Å²) in [5, 5.41) is 3.71. The number of esters is 1. The fourth-order valence-electron chi connectivity index (χ4n) is 3.58. The van der Waals surface area contributed by atoms with Crippen LogP contribution in [-0.4, -0.2) is 15.9 Å². The van der Waals surface area contributed by atoms with Crippen LogP contribution in [0.4, 0.5) is 11.6 Å². The number of carbonyl (C=O) groups is 1. The summed E-state index contributed by atoms with van der Waals surface area (Å²) in [4.78, 5) is 20.4. The molecule has 1 unspecified atom stereocenters. The lowest BCUT2D eigenvalue weighted by Gasteiger charge is -2.30. The molecule has 0 saturated carbocycles. The summed E-state index contributed by atoms with van der Waals surface area (Å²) in [6.07, 6.45) is 0. The Morgan fingerprint density at radius 3 is 2.73 bits per heavy atom. The monoisotopic (exact) mass is 438 g/mol. The summed E-state index contributed by atoms with van der Waals surface area (Å²) in [7, 11) is 0. The average molecular weight is 439 g/mol. The zero-order chi connectivity index (χ0) is 21.3. The van der Waals surface area contributed by atoms with Gasteiger partial charge in [-0.25, -0.2) is 9.78 Å². The van der Waals surface area contributed by atoms with Crippen molar-refractivity contribution < 1.29 is 9.53 Å². The van der Waals surface area contributed by atoms with Crippen LogP contribution >= 0.6 is 23.8 Å². The molecule has 0 bridgehead atoms. The van der Waals surface area contributed by atoms with Crippen molar-refractivity contribution in [3.05, 3.63) is 92.4 Å². The molecule has 2 aromatic carbocycles. The molecule has 1 aliphatic heterocycles. The zero-order valence-electron chi connectivity index (χ0n) is 16.1. The molecule has 0 spiro atoms. The van der Waals surface area contributed by atoms with Crippen LogP contribution in [0.25, 0.3) is 0 Å². The minimum absolute atomic E-state index is 0.163. The lowest BCUT2D eigenvalue weighted by molar-refractivity contribution is -0.140. The van der Waals surface area contributed by atoms with Gasteiger partial charge in [0.05, 0.1) is 11.5 Å². The number of H-pyrrole nitrogens is 1. The predicted octanol–water partition coefficient (Wildman–Crippen LogP) is 4.95. The molecule has 0 amide bonds. The maximum atomic E-state index is 13.2. The summed E-state index contributed by atoms with van der Waals surface area (Å²) in [5.74, 6) is -0.106. The van der Waals surface area contributed by atoms with E-state index in [0.717, 1.165) is 11.1 Å². The number of allylic oxidation sites excluding steroid dienone is 1. The molecule has 30 heavy (non-hydrogen) atoms. The molecule has 4 N–H and O–H groups in total. The first kappa shape index (κ1) is 20.1. The molecule has 0 aliphatic carbocycles. The molecule has 1 aromatic heterocycles. The Labute approximate surface area is 183 Å². The molecule has 6 nitrogen and oxygen atoms in total. The second kappa shape index (κ2) is 8.30. The Balaban J connectivity index is 1.79. The van der Waals surface area contributed by atoms with Gasteiger partial charge in [0.2, 0.25) is 0 Å². The highest BCUT2D eigenvalue weighted by Crippen LogP contribution is 2.44. The summed E-state index contributed by atoms with van der Waals surface area (Å²) >= 11 is 11.4. The van der Waals surface area contributed by atoms with E-state index in [-0.39, 0.29) is 11.4 Å². The fourth-order valence-corrected chi connectivity index (χ4v) is 3.98. The molecule has 4 rings (SSSR count). The first-order chi connectivity index (χ1) is 14.4. The quantitative estimate of drug-likeness (QED) is 0.394. The molecule has 152 valence electrons. The highest BCUT2D eigenvalue weighted by atomic mass is 35.5. The van der Waals surface area contributed by atoms with E-state index in [4.69, 9.17) is 34.3 Å². The van der Waals surface area contributed by atoms with Gasteiger partial charge >= 0.3 is 5.97 Å². The van der Waals surface area contributed by atoms with E-state index < -0.39 is 11.9 Å². The number of nitrogens with zero attached hydrogens (tertiary/aromatic N) is 1. The zero-order valence-corrected chi connectivity index (χ0v) is 17.7. The number of aromatic nitrogens is 2. The molecule has 0 fully saturated rings. The van der Waals surface area contributed by atoms with Crippen molar-refractivity contribution in [2.75, 3.05) is 11.1 Å². The number of carbonyl (C=O) groups excluding carboxylic acids is 1. The summed E-state index contributed by atoms with van der Waals surface area (Å²) in [5.41, 5.74) is 9.67. The fraction of sp³-hybridized carbons (Fsp3) is 0.136. The third kappa shape index (κ3) is 3.94. The molecule has 1 atom stereocenters. The van der Waals surface area contributed by atoms with Crippen molar-refractivity contribution in [3.63, 3.8) is 0 Å². The lowest BCUT2D eigenvalue weighted by Crippen LogP contribution is -2.26. The topological polar surface area (TPSA) is 93.0 Å². The highest BCUT2D eigenvalue weighted by molar-refractivity contribution is 7.71. The number of anilines is 2. The van der Waals surface area contributed by atoms with E-state index in [1.165, 1.54) is 0 Å². The number of nitrogens with two attached hydrogens (primary N) is 1. The third-order valence-electron chi connectivity index (χ3n) is 4.90. The van der Waals surface area contributed by atoms with E-state index in [9.17, 15) is 4.79 Å². The summed E-state index contributed by atoms with van der Waals surface area (Å²) < 4.78 is 5.89. The molecule has 3 aromatic rings. The number of ether oxygens (including phenoxy) is 1. The summed E-state index contributed by atoms with van der Waals surface area (Å²) in [6.45, 7) is 1.97. The summed E-state index contributed by atoms with van der Waals surface area (Å²) in [6, 6.07) is 16.8. The number of halogens is 1. The van der Waals surface area contributed by atoms with Gasteiger partial charge in [0.15, 0.2) is 4.77 Å². The number of nitrogen functional groups attached to an aromatic ring is 1. The van der Waals surface area contributed by atoms with E-state index in [1.54, 1.807) is 19.1 Å². The number of fused-ring (bicyclic) bond motifs is 1. The molecule has 1 aliphatic rings. The highest BCUT2D eigenvalue weighted by Gasteiger charge is 2.36. The SMILES string of the molecule is CC1=C(C(=O)OCc2ccccc2)C(c2cccc(Cl)c2)c2c(nc(=S)[nH]c2N)N1. The van der Waals surface area contributed by atoms with Crippen molar-refractivity contribution >= 4 is 41.4 Å². The lowest BCUT2D eigenvalue weighted by atomic mass is 9.82. The maximum absolute atomic E-state index is 13.2. The van der Waals surface area contributed by atoms with Gasteiger partial charge in [-0.15, -0.1) is 0 Å². The molecule has 0 radical (unpaired) electrons. The molecular formula is C22H19ClN4O2S. The minimum Gasteiger partial charge on any atom is -0.457 e. The smallest absolute Gasteiger partial charge is 0.337 e. The van der Waals surface area contributed by atoms with Crippen LogP contribution in [0.3, 0.4) is 0 Å². The van der Waals surface area contributed by atoms with Gasteiger partial charge in [0.1, 0.15) is 18.2 Å². The molecule has 8 heteroatoms. The van der Waals surface area contributed by atoms with Crippen LogP contribution in [0, 0.1) is 4.77 Å². The second-order valence-electron chi connectivity index (χ2n) is 6.93. The number of aromatic amines is 1. The Morgan fingerprint density at radius 2 is 2.00 bits per heavy atom. The van der Waals surface area contributed by atoms with Crippen LogP contribution in [-0.2, 0) is 16.1 Å². The van der Waals surface area contributed by atoms with Crippen LogP contribution in [0.15, 0.2) is 65.9 Å². The second-order valence-corrected chi connectivity index (χ2v) is 7.75. The van der Waals surface area contributed by atoms with Crippen molar-refractivity contribution in [2.45, 2.75) is 19.4 Å². The van der Waals surface area contributed by atoms with Crippen LogP contribution in [0.5, 0.6) is 0 Å². The first-order valence-corrected chi connectivity index (χ1v) is 10.1. The number of benzene rings is 2. The average Bonchev–Trinajstić information content (AvgIpc) is 2.71. The van der Waals surface area contributed by atoms with Crippen LogP contribution in [0.2, 0.25) is 5.02 Å². The Kier molecular flexibility index (Phi) is 5.57. The molecular weight excluding hydrogens is 420 g/mol. The predicted molar refractivity (Wildman–Crippen MR) is 120 cm³/mol. The van der Waals surface area contributed by atoms with Gasteiger partial charge in [-0.1, -0.05) is 54.1 Å². The van der Waals surface area contributed by atoms with E-state index >= 15 is 0 Å². The Hall–Kier alpha value is -3.16. The standard InChI is InChI=1S/C22H19ClN4O2S/c1-12-16(21(28)29-11-13-6-3-2-4-7-13)17(14-8-5-9-15(23)10-14)18-19(24)26-22(30)27-20(18)25-12/h2-10,17H,11H2,1H3,(H4,24,25,26,27,30). The van der Waals surface area contributed by atoms with E-state index in [2.05, 4.69) is 15.3 Å². The van der Waals surface area contributed by atoms with Gasteiger partial charge in [0.25, 0.3) is 0 Å². The van der Waals surface area contributed by atoms with Crippen molar-refractivity contribution in [3.8, 4) is 0 Å². The van der Waals surface area contributed by atoms with Crippen LogP contribution < -0.4 is 11.1 Å². The van der Waals surface area contributed by atoms with Gasteiger partial charge < -0.3 is 20.8 Å². The Morgan fingerprint density at radius 1 is 1.23 bits per heavy atom. The van der Waals surface area contributed by atoms with Gasteiger partial charge in [0, 0.05) is 16.3 Å². The van der Waals surface area contributed by atoms with Crippen molar-refractivity contribution in [1.82, 2.24) is 9.97 Å². The third-order valence-corrected chi connectivity index (χ3v) is 5.33. The van der Waals surface area contributed by atoms with Gasteiger partial charge in [-0.05, 0) is 42.4 Å². The Bertz CT molecular complexity index is 1210. The minimum atomic E-state index is -0.512. The maximum Gasteiger partial charge on any atom is 0.337 e. The number of rotatable bonds is 4.